The molecule has 374 valence electrons. The average molecular weight is 920 g/mol. The van der Waals surface area contributed by atoms with Gasteiger partial charge in [0, 0.05) is 19.6 Å². The Bertz CT molecular complexity index is 1170. The maximum Gasteiger partial charge on any atom is 0.472 e. The fraction of sp³-hybridized carbons (Fsp3) is 0.800. The number of hydrogen-bond donors (Lipinski definition) is 2. The maximum atomic E-state index is 12.7. The summed E-state index contributed by atoms with van der Waals surface area (Å²) in [5.74, 6) is -0.337. The van der Waals surface area contributed by atoms with Crippen LogP contribution >= 0.6 is 7.82 Å². The van der Waals surface area contributed by atoms with E-state index in [4.69, 9.17) is 24.3 Å². The summed E-state index contributed by atoms with van der Waals surface area (Å²) in [4.78, 5) is 22.6. The van der Waals surface area contributed by atoms with Crippen molar-refractivity contribution in [3.63, 3.8) is 0 Å². The lowest BCUT2D eigenvalue weighted by atomic mass is 10.1. The van der Waals surface area contributed by atoms with E-state index in [2.05, 4.69) is 74.6 Å². The number of nitrogens with two attached hydrogens (primary N) is 1. The maximum absolute atomic E-state index is 12.7. The lowest BCUT2D eigenvalue weighted by Crippen LogP contribution is -2.28. The molecule has 0 bridgehead atoms. The predicted octanol–water partition coefficient (Wildman–Crippen LogP) is 16.9. The van der Waals surface area contributed by atoms with E-state index in [1.807, 2.05) is 0 Å². The van der Waals surface area contributed by atoms with E-state index in [1.54, 1.807) is 0 Å². The lowest BCUT2D eigenvalue weighted by molar-refractivity contribution is -0.154. The summed E-state index contributed by atoms with van der Waals surface area (Å²) < 4.78 is 33.6. The molecule has 64 heavy (non-hydrogen) atoms. The number of phosphoric ester groups is 1. The van der Waals surface area contributed by atoms with Crippen molar-refractivity contribution in [3.05, 3.63) is 60.8 Å². The van der Waals surface area contributed by atoms with E-state index in [-0.39, 0.29) is 32.3 Å². The van der Waals surface area contributed by atoms with Gasteiger partial charge in [-0.15, -0.1) is 0 Å². The number of ether oxygens (including phenoxy) is 2. The largest absolute Gasteiger partial charge is 0.472 e. The minimum Gasteiger partial charge on any atom is -0.457 e. The van der Waals surface area contributed by atoms with Crippen LogP contribution in [0.25, 0.3) is 0 Å². The summed E-state index contributed by atoms with van der Waals surface area (Å²) in [6, 6.07) is 0. The monoisotopic (exact) mass is 920 g/mol. The summed E-state index contributed by atoms with van der Waals surface area (Å²) in [7, 11) is -4.29. The summed E-state index contributed by atoms with van der Waals surface area (Å²) >= 11 is 0. The minimum atomic E-state index is -4.29. The first-order valence-electron chi connectivity index (χ1n) is 26.8. The van der Waals surface area contributed by atoms with Gasteiger partial charge in [-0.1, -0.05) is 216 Å². The van der Waals surface area contributed by atoms with Gasteiger partial charge in [-0.25, -0.2) is 4.57 Å². The van der Waals surface area contributed by atoms with Crippen LogP contribution in [0.15, 0.2) is 60.8 Å². The molecule has 2 atom stereocenters. The number of allylic oxidation sites excluding steroid dienone is 10. The fourth-order valence-electron chi connectivity index (χ4n) is 7.45. The van der Waals surface area contributed by atoms with Gasteiger partial charge in [0.15, 0.2) is 0 Å². The Kier molecular flexibility index (Phi) is 50.7. The standard InChI is InChI=1S/C55H102NO7P/c1-3-5-7-9-11-13-15-17-19-21-23-25-27-28-30-32-34-36-38-40-42-44-46-48-55(57)63-54(53-62-64(58,59)61-51-49-56)52-60-50-47-45-43-41-39-37-35-33-31-29-26-24-22-20-18-16-14-12-10-8-6-4-2/h15-18,21-24,27-28,54H,3-14,19-20,25-26,29-53,56H2,1-2H3,(H,58,59)/b17-15-,18-16-,23-21-,24-22-,28-27-. The molecule has 0 aliphatic heterocycles. The van der Waals surface area contributed by atoms with Crippen molar-refractivity contribution < 1.29 is 32.8 Å². The highest BCUT2D eigenvalue weighted by Gasteiger charge is 2.25. The van der Waals surface area contributed by atoms with Crippen LogP contribution in [-0.2, 0) is 27.9 Å². The molecule has 0 saturated carbocycles. The smallest absolute Gasteiger partial charge is 0.457 e. The normalized spacial score (nSPS) is 13.8. The Hall–Kier alpha value is -1.80. The Morgan fingerprint density at radius 1 is 0.469 bits per heavy atom. The molecule has 0 amide bonds. The Balaban J connectivity index is 3.96. The van der Waals surface area contributed by atoms with Gasteiger partial charge >= 0.3 is 13.8 Å². The minimum absolute atomic E-state index is 0.0966. The van der Waals surface area contributed by atoms with Crippen LogP contribution in [0, 0.1) is 0 Å². The van der Waals surface area contributed by atoms with E-state index < -0.39 is 13.9 Å². The van der Waals surface area contributed by atoms with E-state index in [1.165, 1.54) is 167 Å². The molecule has 0 fully saturated rings. The zero-order valence-electron chi connectivity index (χ0n) is 41.8. The highest BCUT2D eigenvalue weighted by atomic mass is 31.2. The van der Waals surface area contributed by atoms with E-state index >= 15 is 0 Å². The molecule has 0 aromatic rings. The molecule has 3 N–H and O–H groups in total. The molecule has 0 aromatic carbocycles. The molecule has 0 saturated heterocycles. The Labute approximate surface area is 395 Å². The summed E-state index contributed by atoms with van der Waals surface area (Å²) in [6.45, 7) is 4.91. The fourth-order valence-corrected chi connectivity index (χ4v) is 8.21. The van der Waals surface area contributed by atoms with Gasteiger partial charge in [0.2, 0.25) is 0 Å². The highest BCUT2D eigenvalue weighted by Crippen LogP contribution is 2.43. The topological polar surface area (TPSA) is 117 Å². The SMILES string of the molecule is CCCCCCC/C=C\C/C=C\C/C=C\CCCCCCCCCCC(=O)OC(COCCCCCCCCCCCC/C=C\C/C=C\CCCCCCC)COP(=O)(O)OCCN. The van der Waals surface area contributed by atoms with Gasteiger partial charge in [-0.2, -0.15) is 0 Å². The van der Waals surface area contributed by atoms with Crippen molar-refractivity contribution in [2.75, 3.05) is 33.0 Å². The Morgan fingerprint density at radius 3 is 1.23 bits per heavy atom. The number of carbonyl (C=O) groups excluding carboxylic acids is 1. The number of unbranched alkanes of at least 4 members (excludes halogenated alkanes) is 28. The van der Waals surface area contributed by atoms with Gasteiger partial charge < -0.3 is 20.1 Å². The number of phosphoric acid groups is 1. The van der Waals surface area contributed by atoms with Crippen molar-refractivity contribution >= 4 is 13.8 Å². The zero-order valence-corrected chi connectivity index (χ0v) is 42.7. The van der Waals surface area contributed by atoms with Gasteiger partial charge in [0.05, 0.1) is 19.8 Å². The first-order chi connectivity index (χ1) is 31.4. The highest BCUT2D eigenvalue weighted by molar-refractivity contribution is 7.47. The van der Waals surface area contributed by atoms with Gasteiger partial charge in [0.1, 0.15) is 6.10 Å². The average Bonchev–Trinajstić information content (AvgIpc) is 3.29. The molecule has 0 aromatic heterocycles. The first-order valence-corrected chi connectivity index (χ1v) is 28.3. The number of carbonyl (C=O) groups is 1. The van der Waals surface area contributed by atoms with Crippen molar-refractivity contribution in [1.82, 2.24) is 0 Å². The number of hydrogen-bond acceptors (Lipinski definition) is 7. The second kappa shape index (κ2) is 52.2. The third kappa shape index (κ3) is 51.2. The second-order valence-corrected chi connectivity index (χ2v) is 19.2. The van der Waals surface area contributed by atoms with Crippen LogP contribution < -0.4 is 5.73 Å². The third-order valence-corrected chi connectivity index (χ3v) is 12.4. The van der Waals surface area contributed by atoms with E-state index in [0.29, 0.717) is 13.0 Å². The molecule has 2 unspecified atom stereocenters. The second-order valence-electron chi connectivity index (χ2n) is 17.7. The lowest BCUT2D eigenvalue weighted by Gasteiger charge is -2.20. The van der Waals surface area contributed by atoms with E-state index in [9.17, 15) is 14.3 Å². The molecule has 8 nitrogen and oxygen atoms in total. The van der Waals surface area contributed by atoms with Gasteiger partial charge in [0.25, 0.3) is 0 Å². The first kappa shape index (κ1) is 62.2. The predicted molar refractivity (Wildman–Crippen MR) is 275 cm³/mol. The van der Waals surface area contributed by atoms with E-state index in [0.717, 1.165) is 57.8 Å². The molecule has 0 radical (unpaired) electrons. The molecule has 0 aliphatic carbocycles. The van der Waals surface area contributed by atoms with Gasteiger partial charge in [-0.3, -0.25) is 13.8 Å². The third-order valence-electron chi connectivity index (χ3n) is 11.4. The molecule has 0 spiro atoms. The van der Waals surface area contributed by atoms with Crippen molar-refractivity contribution in [2.24, 2.45) is 5.73 Å². The number of rotatable bonds is 51. The molecular weight excluding hydrogens is 818 g/mol. The molecule has 0 rings (SSSR count). The van der Waals surface area contributed by atoms with Crippen LogP contribution in [0.5, 0.6) is 0 Å². The molecular formula is C55H102NO7P. The number of esters is 1. The van der Waals surface area contributed by atoms with Crippen LogP contribution in [0.3, 0.4) is 0 Å². The molecule has 9 heteroatoms. The van der Waals surface area contributed by atoms with Crippen LogP contribution in [0.4, 0.5) is 0 Å². The van der Waals surface area contributed by atoms with Gasteiger partial charge in [-0.05, 0) is 83.5 Å². The van der Waals surface area contributed by atoms with Crippen molar-refractivity contribution in [1.29, 1.82) is 0 Å². The molecule has 0 aliphatic rings. The summed E-state index contributed by atoms with van der Waals surface area (Å²) in [5.41, 5.74) is 5.39. The van der Waals surface area contributed by atoms with Crippen LogP contribution in [-0.4, -0.2) is 49.9 Å². The quantitative estimate of drug-likeness (QED) is 0.0268. The Morgan fingerprint density at radius 2 is 0.828 bits per heavy atom. The zero-order chi connectivity index (χ0) is 46.5. The van der Waals surface area contributed by atoms with Crippen LogP contribution in [0.1, 0.15) is 245 Å². The van der Waals surface area contributed by atoms with Crippen molar-refractivity contribution in [2.45, 2.75) is 251 Å². The van der Waals surface area contributed by atoms with Crippen molar-refractivity contribution in [3.8, 4) is 0 Å². The van der Waals surface area contributed by atoms with Crippen LogP contribution in [0.2, 0.25) is 0 Å². The summed E-state index contributed by atoms with van der Waals surface area (Å²) in [6.07, 6.45) is 65.4. The summed E-state index contributed by atoms with van der Waals surface area (Å²) in [5, 5.41) is 0. The molecule has 0 heterocycles.